The Labute approximate surface area is 79.8 Å². The Morgan fingerprint density at radius 1 is 1.50 bits per heavy atom. The highest BCUT2D eigenvalue weighted by Crippen LogP contribution is 2.19. The van der Waals surface area contributed by atoms with E-state index in [2.05, 4.69) is 10.1 Å². The first kappa shape index (κ1) is 11.9. The Morgan fingerprint density at radius 3 is 2.75 bits per heavy atom. The Balaban J connectivity index is 2.86. The molecule has 0 amide bonds. The first-order chi connectivity index (χ1) is 5.77. The number of rotatable bonds is 7. The van der Waals surface area contributed by atoms with Crippen molar-refractivity contribution in [3.63, 3.8) is 0 Å². The van der Waals surface area contributed by atoms with Gasteiger partial charge < -0.3 is 15.2 Å². The molecule has 0 bridgehead atoms. The van der Waals surface area contributed by atoms with Crippen molar-refractivity contribution < 1.29 is 14.6 Å². The van der Waals surface area contributed by atoms with E-state index in [9.17, 15) is 4.79 Å². The predicted molar refractivity (Wildman–Crippen MR) is 52.8 cm³/mol. The van der Waals surface area contributed by atoms with E-state index in [-0.39, 0.29) is 6.61 Å². The molecule has 0 fully saturated rings. The minimum Gasteiger partial charge on any atom is -0.450 e. The van der Waals surface area contributed by atoms with Gasteiger partial charge in [0.15, 0.2) is 0 Å². The molecule has 0 radical (unpaired) electrons. The van der Waals surface area contributed by atoms with Crippen molar-refractivity contribution >= 4 is 27.7 Å². The van der Waals surface area contributed by atoms with Crippen LogP contribution in [0.5, 0.6) is 0 Å². The summed E-state index contributed by atoms with van der Waals surface area (Å²) in [4.78, 5) is 9.89. The molecular weight excluding hydrogens is 198 g/mol. The van der Waals surface area contributed by atoms with Crippen molar-refractivity contribution in [2.75, 3.05) is 31.7 Å². The van der Waals surface area contributed by atoms with E-state index < -0.39 is 6.16 Å². The molecule has 4 nitrogen and oxygen atoms in total. The maximum atomic E-state index is 9.89. The van der Waals surface area contributed by atoms with Gasteiger partial charge in [0.05, 0.1) is 0 Å². The lowest BCUT2D eigenvalue weighted by atomic mass is 10.8. The topological polar surface area (TPSA) is 58.6 Å². The van der Waals surface area contributed by atoms with Gasteiger partial charge in [0.25, 0.3) is 0 Å². The number of hydrogen-bond acceptors (Lipinski definition) is 5. The number of hydrogen-bond donors (Lipinski definition) is 2. The van der Waals surface area contributed by atoms with Crippen LogP contribution >= 0.6 is 21.6 Å². The molecule has 0 aliphatic rings. The summed E-state index contributed by atoms with van der Waals surface area (Å²) in [6, 6.07) is 0. The van der Waals surface area contributed by atoms with Crippen LogP contribution in [0.25, 0.3) is 0 Å². The third-order valence-corrected chi connectivity index (χ3v) is 3.28. The van der Waals surface area contributed by atoms with Crippen LogP contribution in [0.15, 0.2) is 0 Å². The Kier molecular flexibility index (Phi) is 8.97. The van der Waals surface area contributed by atoms with Crippen LogP contribution in [-0.4, -0.2) is 43.0 Å². The molecule has 12 heavy (non-hydrogen) atoms. The fourth-order valence-corrected chi connectivity index (χ4v) is 2.26. The zero-order valence-electron chi connectivity index (χ0n) is 6.91. The zero-order chi connectivity index (χ0) is 9.23. The summed E-state index contributed by atoms with van der Waals surface area (Å²) in [5.74, 6) is 1.73. The van der Waals surface area contributed by atoms with Crippen LogP contribution in [-0.2, 0) is 4.74 Å². The zero-order valence-corrected chi connectivity index (χ0v) is 8.54. The van der Waals surface area contributed by atoms with Gasteiger partial charge in [0.2, 0.25) is 0 Å². The summed E-state index contributed by atoms with van der Waals surface area (Å²) < 4.78 is 4.32. The van der Waals surface area contributed by atoms with Crippen molar-refractivity contribution in [1.82, 2.24) is 5.32 Å². The largest absolute Gasteiger partial charge is 0.505 e. The van der Waals surface area contributed by atoms with Crippen molar-refractivity contribution in [3.8, 4) is 0 Å². The Hall–Kier alpha value is -0.0700. The van der Waals surface area contributed by atoms with Crippen LogP contribution in [0.1, 0.15) is 0 Å². The van der Waals surface area contributed by atoms with E-state index in [4.69, 9.17) is 5.11 Å². The number of ether oxygens (including phenoxy) is 1. The van der Waals surface area contributed by atoms with E-state index >= 15 is 0 Å². The van der Waals surface area contributed by atoms with Gasteiger partial charge in [-0.2, -0.15) is 0 Å². The fraction of sp³-hybridized carbons (Fsp3) is 0.833. The Morgan fingerprint density at radius 2 is 2.17 bits per heavy atom. The lowest BCUT2D eigenvalue weighted by molar-refractivity contribution is 0.0975. The molecular formula is C6H13NO3S2. The lowest BCUT2D eigenvalue weighted by Crippen LogP contribution is -2.09. The minimum atomic E-state index is -1.20. The van der Waals surface area contributed by atoms with E-state index in [1.54, 1.807) is 21.6 Å². The molecule has 0 rings (SSSR count). The van der Waals surface area contributed by atoms with Crippen LogP contribution in [0.4, 0.5) is 4.79 Å². The molecule has 0 atom stereocenters. The first-order valence-corrected chi connectivity index (χ1v) is 6.01. The highest BCUT2D eigenvalue weighted by molar-refractivity contribution is 8.76. The number of carbonyl (C=O) groups is 1. The second-order valence-electron chi connectivity index (χ2n) is 1.86. The highest BCUT2D eigenvalue weighted by atomic mass is 33.1. The summed E-state index contributed by atoms with van der Waals surface area (Å²) in [5, 5.41) is 11.1. The average Bonchev–Trinajstić information content (AvgIpc) is 2.02. The molecule has 0 aromatic carbocycles. The van der Waals surface area contributed by atoms with Crippen molar-refractivity contribution in [3.05, 3.63) is 0 Å². The molecule has 0 unspecified atom stereocenters. The SMILES string of the molecule is CNCCSSCCOC(=O)O. The molecule has 0 aliphatic heterocycles. The summed E-state index contributed by atoms with van der Waals surface area (Å²) in [5.41, 5.74) is 0. The lowest BCUT2D eigenvalue weighted by Gasteiger charge is -2.00. The molecule has 0 aromatic rings. The summed E-state index contributed by atoms with van der Waals surface area (Å²) in [6.45, 7) is 1.24. The molecule has 0 spiro atoms. The van der Waals surface area contributed by atoms with Gasteiger partial charge in [-0.1, -0.05) is 21.6 Å². The first-order valence-electron chi connectivity index (χ1n) is 3.52. The summed E-state index contributed by atoms with van der Waals surface area (Å²) >= 11 is 0. The summed E-state index contributed by atoms with van der Waals surface area (Å²) in [7, 11) is 5.24. The number of carboxylic acid groups (broad SMARTS) is 1. The van der Waals surface area contributed by atoms with Gasteiger partial charge in [-0.3, -0.25) is 0 Å². The maximum Gasteiger partial charge on any atom is 0.505 e. The van der Waals surface area contributed by atoms with Crippen LogP contribution in [0.2, 0.25) is 0 Å². The summed E-state index contributed by atoms with van der Waals surface area (Å²) in [6.07, 6.45) is -1.20. The smallest absolute Gasteiger partial charge is 0.450 e. The predicted octanol–water partition coefficient (Wildman–Crippen LogP) is 1.28. The normalized spacial score (nSPS) is 9.75. The average molecular weight is 211 g/mol. The second kappa shape index (κ2) is 9.02. The minimum absolute atomic E-state index is 0.270. The molecule has 0 aromatic heterocycles. The van der Waals surface area contributed by atoms with Crippen LogP contribution in [0, 0.1) is 0 Å². The van der Waals surface area contributed by atoms with Crippen LogP contribution < -0.4 is 5.32 Å². The molecule has 0 saturated carbocycles. The van der Waals surface area contributed by atoms with E-state index in [0.717, 1.165) is 12.3 Å². The molecule has 0 aliphatic carbocycles. The third-order valence-electron chi connectivity index (χ3n) is 0.911. The van der Waals surface area contributed by atoms with E-state index in [1.807, 2.05) is 7.05 Å². The molecule has 0 saturated heterocycles. The molecule has 6 heteroatoms. The van der Waals surface area contributed by atoms with Gasteiger partial charge in [0, 0.05) is 18.1 Å². The van der Waals surface area contributed by atoms with Crippen LogP contribution in [0.3, 0.4) is 0 Å². The quantitative estimate of drug-likeness (QED) is 0.376. The van der Waals surface area contributed by atoms with E-state index in [0.29, 0.717) is 5.75 Å². The standard InChI is InChI=1S/C6H13NO3S2/c1-7-2-4-11-12-5-3-10-6(8)9/h7H,2-5H2,1H3,(H,8,9). The van der Waals surface area contributed by atoms with Crippen molar-refractivity contribution in [1.29, 1.82) is 0 Å². The monoisotopic (exact) mass is 211 g/mol. The maximum absolute atomic E-state index is 9.89. The molecule has 2 N–H and O–H groups in total. The highest BCUT2D eigenvalue weighted by Gasteiger charge is 1.95. The number of nitrogens with one attached hydrogen (secondary N) is 1. The molecule has 72 valence electrons. The van der Waals surface area contributed by atoms with Crippen molar-refractivity contribution in [2.45, 2.75) is 0 Å². The molecule has 0 heterocycles. The third kappa shape index (κ3) is 9.93. The van der Waals surface area contributed by atoms with Gasteiger partial charge in [-0.25, -0.2) is 4.79 Å². The van der Waals surface area contributed by atoms with Gasteiger partial charge in [-0.15, -0.1) is 0 Å². The second-order valence-corrected chi connectivity index (χ2v) is 4.56. The fourth-order valence-electron chi connectivity index (χ4n) is 0.425. The van der Waals surface area contributed by atoms with Gasteiger partial charge in [0.1, 0.15) is 6.61 Å². The Bertz CT molecular complexity index is 123. The van der Waals surface area contributed by atoms with Crippen molar-refractivity contribution in [2.24, 2.45) is 0 Å². The van der Waals surface area contributed by atoms with Gasteiger partial charge >= 0.3 is 6.16 Å². The van der Waals surface area contributed by atoms with Gasteiger partial charge in [-0.05, 0) is 7.05 Å². The van der Waals surface area contributed by atoms with E-state index in [1.165, 1.54) is 0 Å².